The van der Waals surface area contributed by atoms with E-state index >= 15 is 0 Å². The first-order valence-electron chi connectivity index (χ1n) is 14.8. The van der Waals surface area contributed by atoms with Gasteiger partial charge in [-0.05, 0) is 85.3 Å². The molecule has 0 amide bonds. The summed E-state index contributed by atoms with van der Waals surface area (Å²) in [6, 6.07) is 28.1. The zero-order valence-electron chi connectivity index (χ0n) is 25.7. The van der Waals surface area contributed by atoms with Crippen LogP contribution in [0.4, 0.5) is 9.59 Å². The summed E-state index contributed by atoms with van der Waals surface area (Å²) in [6.07, 6.45) is -2.13. The van der Waals surface area contributed by atoms with E-state index in [1.165, 1.54) is 0 Å². The minimum Gasteiger partial charge on any atom is -0.431 e. The van der Waals surface area contributed by atoms with Gasteiger partial charge in [0, 0.05) is 21.5 Å². The number of ether oxygens (including phenoxy) is 4. The van der Waals surface area contributed by atoms with Gasteiger partial charge in [0.05, 0.1) is 12.2 Å². The average molecular weight is 587 g/mol. The van der Waals surface area contributed by atoms with Crippen molar-refractivity contribution in [2.24, 2.45) is 0 Å². The molecule has 0 N–H and O–H groups in total. The lowest BCUT2D eigenvalue weighted by molar-refractivity contribution is 0.0725. The maximum atomic E-state index is 12.9. The van der Waals surface area contributed by atoms with Gasteiger partial charge in [0.1, 0.15) is 0 Å². The largest absolute Gasteiger partial charge is 0.514 e. The Morgan fingerprint density at radius 1 is 0.477 bits per heavy atom. The van der Waals surface area contributed by atoms with Gasteiger partial charge in [0.2, 0.25) is 0 Å². The van der Waals surface area contributed by atoms with Crippen molar-refractivity contribution in [1.82, 2.24) is 0 Å². The van der Waals surface area contributed by atoms with E-state index in [-0.39, 0.29) is 12.2 Å². The van der Waals surface area contributed by atoms with E-state index in [0.29, 0.717) is 11.5 Å². The van der Waals surface area contributed by atoms with Gasteiger partial charge in [-0.25, -0.2) is 9.59 Å². The van der Waals surface area contributed by atoms with Gasteiger partial charge >= 0.3 is 12.3 Å². The van der Waals surface area contributed by atoms with E-state index in [4.69, 9.17) is 18.9 Å². The summed E-state index contributed by atoms with van der Waals surface area (Å²) in [5.74, 6) is 0.925. The molecule has 6 rings (SSSR count). The van der Waals surface area contributed by atoms with Gasteiger partial charge in [-0.2, -0.15) is 0 Å². The maximum Gasteiger partial charge on any atom is 0.514 e. The highest BCUT2D eigenvalue weighted by atomic mass is 16.7. The highest BCUT2D eigenvalue weighted by molar-refractivity contribution is 6.27. The van der Waals surface area contributed by atoms with Gasteiger partial charge in [-0.15, -0.1) is 0 Å². The number of fused-ring (bicyclic) bond motifs is 4. The van der Waals surface area contributed by atoms with Gasteiger partial charge in [-0.1, -0.05) is 84.9 Å². The van der Waals surface area contributed by atoms with Crippen LogP contribution in [-0.2, 0) is 9.47 Å². The minimum absolute atomic E-state index is 0.320. The second-order valence-corrected chi connectivity index (χ2v) is 11.5. The molecule has 6 heteroatoms. The van der Waals surface area contributed by atoms with Crippen molar-refractivity contribution in [3.05, 3.63) is 96.1 Å². The fourth-order valence-electron chi connectivity index (χ4n) is 6.06. The molecule has 0 heterocycles. The molecule has 0 unspecified atom stereocenters. The number of hydrogen-bond acceptors (Lipinski definition) is 6. The number of aryl methyl sites for hydroxylation is 2. The first kappa shape index (κ1) is 29.0. The summed E-state index contributed by atoms with van der Waals surface area (Å²) in [4.78, 5) is 25.7. The van der Waals surface area contributed by atoms with Crippen molar-refractivity contribution in [2.75, 3.05) is 0 Å². The molecule has 222 valence electrons. The number of rotatable bonds is 5. The fourth-order valence-corrected chi connectivity index (χ4v) is 6.06. The lowest BCUT2D eigenvalue weighted by Crippen LogP contribution is -2.16. The molecular formula is C38H34O6. The highest BCUT2D eigenvalue weighted by Crippen LogP contribution is 2.51. The van der Waals surface area contributed by atoms with E-state index < -0.39 is 12.3 Å². The van der Waals surface area contributed by atoms with Crippen LogP contribution in [0.2, 0.25) is 0 Å². The van der Waals surface area contributed by atoms with Crippen LogP contribution in [0.3, 0.4) is 0 Å². The summed E-state index contributed by atoms with van der Waals surface area (Å²) in [5, 5.41) is 6.91. The van der Waals surface area contributed by atoms with Gasteiger partial charge in [-0.3, -0.25) is 0 Å². The molecule has 6 nitrogen and oxygen atoms in total. The van der Waals surface area contributed by atoms with Gasteiger partial charge in [0.15, 0.2) is 11.5 Å². The van der Waals surface area contributed by atoms with Crippen LogP contribution >= 0.6 is 0 Å². The Morgan fingerprint density at radius 2 is 0.818 bits per heavy atom. The van der Waals surface area contributed by atoms with Crippen LogP contribution in [0.15, 0.2) is 84.9 Å². The molecule has 0 fully saturated rings. The third-order valence-corrected chi connectivity index (χ3v) is 7.71. The minimum atomic E-state index is -0.747. The van der Waals surface area contributed by atoms with Crippen molar-refractivity contribution in [1.29, 1.82) is 0 Å². The van der Waals surface area contributed by atoms with Crippen molar-refractivity contribution in [3.8, 4) is 22.6 Å². The lowest BCUT2D eigenvalue weighted by atomic mass is 9.84. The molecule has 6 aromatic carbocycles. The van der Waals surface area contributed by atoms with Crippen LogP contribution in [0.5, 0.6) is 11.5 Å². The quantitative estimate of drug-likeness (QED) is 0.114. The molecule has 0 radical (unpaired) electrons. The first-order valence-corrected chi connectivity index (χ1v) is 14.8. The summed E-state index contributed by atoms with van der Waals surface area (Å²) < 4.78 is 22.7. The van der Waals surface area contributed by atoms with Gasteiger partial charge in [0.25, 0.3) is 0 Å². The molecule has 0 bridgehead atoms. The molecule has 6 aromatic rings. The van der Waals surface area contributed by atoms with Crippen molar-refractivity contribution < 1.29 is 28.5 Å². The van der Waals surface area contributed by atoms with E-state index in [9.17, 15) is 9.59 Å². The van der Waals surface area contributed by atoms with E-state index in [1.807, 2.05) is 86.6 Å². The Balaban J connectivity index is 1.77. The van der Waals surface area contributed by atoms with E-state index in [0.717, 1.165) is 65.3 Å². The molecule has 0 atom stereocenters. The topological polar surface area (TPSA) is 71.1 Å². The molecule has 0 aliphatic rings. The molecule has 0 aromatic heterocycles. The van der Waals surface area contributed by atoms with Crippen LogP contribution < -0.4 is 9.47 Å². The van der Waals surface area contributed by atoms with Crippen LogP contribution in [-0.4, -0.2) is 24.5 Å². The molecular weight excluding hydrogens is 552 g/mol. The second kappa shape index (κ2) is 11.5. The summed E-state index contributed by atoms with van der Waals surface area (Å²) in [5.41, 5.74) is 3.91. The number of benzene rings is 6. The molecule has 0 aliphatic heterocycles. The Morgan fingerprint density at radius 3 is 1.18 bits per heavy atom. The van der Waals surface area contributed by atoms with E-state index in [2.05, 4.69) is 12.1 Å². The highest BCUT2D eigenvalue weighted by Gasteiger charge is 2.26. The lowest BCUT2D eigenvalue weighted by Gasteiger charge is -2.22. The molecule has 0 saturated carbocycles. The second-order valence-electron chi connectivity index (χ2n) is 11.5. The Bertz CT molecular complexity index is 1940. The molecule has 0 aliphatic carbocycles. The average Bonchev–Trinajstić information content (AvgIpc) is 2.97. The molecule has 44 heavy (non-hydrogen) atoms. The standard InChI is InChI=1S/C38H34O6/c1-21(2)41-37(39)43-35-27-17-9-7-15-25(27)33(29-19-11-13-23(5)31(29)35)34-26-16-8-10-18-28(26)36(44-38(40)42-22(3)4)32-24(6)14-12-20-30(32)34/h7-22H,1-6H3. The fraction of sp³-hybridized carbons (Fsp3) is 0.211. The maximum absolute atomic E-state index is 12.9. The van der Waals surface area contributed by atoms with Crippen molar-refractivity contribution in [2.45, 2.75) is 53.8 Å². The Hall–Kier alpha value is -5.10. The predicted octanol–water partition coefficient (Wildman–Crippen LogP) is 10.4. The number of hydrogen-bond donors (Lipinski definition) is 0. The SMILES string of the molecule is Cc1cccc2c(-c3c4ccccc4c(OC(=O)OC(C)C)c4c(C)cccc34)c3ccccc3c(OC(=O)OC(C)C)c12. The Kier molecular flexibility index (Phi) is 7.60. The third-order valence-electron chi connectivity index (χ3n) is 7.71. The predicted molar refractivity (Wildman–Crippen MR) is 176 cm³/mol. The molecule has 0 spiro atoms. The van der Waals surface area contributed by atoms with Gasteiger partial charge < -0.3 is 18.9 Å². The van der Waals surface area contributed by atoms with Crippen molar-refractivity contribution in [3.63, 3.8) is 0 Å². The summed E-state index contributed by atoms with van der Waals surface area (Å²) >= 11 is 0. The summed E-state index contributed by atoms with van der Waals surface area (Å²) in [7, 11) is 0. The van der Waals surface area contributed by atoms with Crippen LogP contribution in [0, 0.1) is 13.8 Å². The van der Waals surface area contributed by atoms with Crippen molar-refractivity contribution >= 4 is 55.4 Å². The van der Waals surface area contributed by atoms with Crippen LogP contribution in [0.25, 0.3) is 54.2 Å². The third kappa shape index (κ3) is 5.06. The zero-order chi connectivity index (χ0) is 31.1. The number of carbonyl (C=O) groups is 2. The smallest absolute Gasteiger partial charge is 0.431 e. The number of carbonyl (C=O) groups excluding carboxylic acids is 2. The van der Waals surface area contributed by atoms with E-state index in [1.54, 1.807) is 27.7 Å². The Labute approximate surface area is 256 Å². The van der Waals surface area contributed by atoms with Crippen LogP contribution in [0.1, 0.15) is 38.8 Å². The first-order chi connectivity index (χ1) is 21.2. The normalized spacial score (nSPS) is 11.5. The molecule has 0 saturated heterocycles. The zero-order valence-corrected chi connectivity index (χ0v) is 25.7. The monoisotopic (exact) mass is 586 g/mol. The summed E-state index contributed by atoms with van der Waals surface area (Å²) in [6.45, 7) is 11.2.